The van der Waals surface area contributed by atoms with Crippen LogP contribution < -0.4 is 0 Å². The number of benzene rings is 1. The summed E-state index contributed by atoms with van der Waals surface area (Å²) in [6.07, 6.45) is -4.41. The van der Waals surface area contributed by atoms with Gasteiger partial charge in [0.15, 0.2) is 0 Å². The lowest BCUT2D eigenvalue weighted by atomic mass is 10.1. The molecule has 0 aliphatic rings. The number of hydrogen-bond donors (Lipinski definition) is 0. The molecule has 0 bridgehead atoms. The van der Waals surface area contributed by atoms with E-state index < -0.39 is 11.7 Å². The van der Waals surface area contributed by atoms with Crippen molar-refractivity contribution in [3.8, 4) is 11.3 Å². The van der Waals surface area contributed by atoms with Crippen molar-refractivity contribution in [2.45, 2.75) is 6.18 Å². The van der Waals surface area contributed by atoms with Gasteiger partial charge in [0.2, 0.25) is 5.28 Å². The second kappa shape index (κ2) is 5.92. The highest BCUT2D eigenvalue weighted by Gasteiger charge is 2.30. The van der Waals surface area contributed by atoms with Crippen LogP contribution in [0, 0.1) is 0 Å². The number of nitrogens with zero attached hydrogens (tertiary/aromatic N) is 3. The first-order valence-corrected chi connectivity index (χ1v) is 6.50. The molecule has 2 aromatic rings. The van der Waals surface area contributed by atoms with E-state index in [1.807, 2.05) is 0 Å². The van der Waals surface area contributed by atoms with Crippen LogP contribution in [0.5, 0.6) is 0 Å². The predicted octanol–water partition coefficient (Wildman–Crippen LogP) is 3.52. The SMILES string of the molecule is CN(C)C(=O)c1cc(-c2ccc(C(F)(F)F)cc2)nc(Cl)n1. The minimum absolute atomic E-state index is 0.0693. The molecule has 4 nitrogen and oxygen atoms in total. The summed E-state index contributed by atoms with van der Waals surface area (Å²) in [5.41, 5.74) is -0.00933. The van der Waals surface area contributed by atoms with Crippen molar-refractivity contribution >= 4 is 17.5 Å². The van der Waals surface area contributed by atoms with Gasteiger partial charge in [-0.05, 0) is 29.8 Å². The number of hydrogen-bond acceptors (Lipinski definition) is 3. The van der Waals surface area contributed by atoms with Crippen LogP contribution in [0.2, 0.25) is 5.28 Å². The Bertz CT molecular complexity index is 699. The van der Waals surface area contributed by atoms with Gasteiger partial charge in [0.1, 0.15) is 5.69 Å². The van der Waals surface area contributed by atoms with Crippen LogP contribution in [-0.4, -0.2) is 34.9 Å². The molecule has 1 amide bonds. The molecular formula is C14H11ClF3N3O. The molecule has 0 fully saturated rings. The van der Waals surface area contributed by atoms with Crippen molar-refractivity contribution in [1.29, 1.82) is 0 Å². The van der Waals surface area contributed by atoms with E-state index >= 15 is 0 Å². The standard InChI is InChI=1S/C14H11ClF3N3O/c1-21(2)12(22)11-7-10(19-13(15)20-11)8-3-5-9(6-4-8)14(16,17)18/h3-7H,1-2H3. The lowest BCUT2D eigenvalue weighted by Crippen LogP contribution is -2.23. The quantitative estimate of drug-likeness (QED) is 0.792. The molecular weight excluding hydrogens is 319 g/mol. The Hall–Kier alpha value is -2.15. The highest BCUT2D eigenvalue weighted by Crippen LogP contribution is 2.30. The van der Waals surface area contributed by atoms with E-state index in [4.69, 9.17) is 11.6 Å². The van der Waals surface area contributed by atoms with Crippen molar-refractivity contribution in [3.05, 3.63) is 46.9 Å². The molecule has 1 heterocycles. The van der Waals surface area contributed by atoms with Crippen LogP contribution in [0.3, 0.4) is 0 Å². The summed E-state index contributed by atoms with van der Waals surface area (Å²) in [7, 11) is 3.10. The summed E-state index contributed by atoms with van der Waals surface area (Å²) in [6, 6.07) is 5.81. The largest absolute Gasteiger partial charge is 0.416 e. The molecule has 0 aliphatic heterocycles. The van der Waals surface area contributed by atoms with Gasteiger partial charge < -0.3 is 4.90 Å². The maximum absolute atomic E-state index is 12.5. The van der Waals surface area contributed by atoms with Gasteiger partial charge in [0.25, 0.3) is 5.91 Å². The van der Waals surface area contributed by atoms with E-state index in [2.05, 4.69) is 9.97 Å². The molecule has 116 valence electrons. The Morgan fingerprint density at radius 3 is 2.23 bits per heavy atom. The average molecular weight is 330 g/mol. The molecule has 0 N–H and O–H groups in total. The van der Waals surface area contributed by atoms with Gasteiger partial charge in [-0.1, -0.05) is 12.1 Å². The lowest BCUT2D eigenvalue weighted by molar-refractivity contribution is -0.137. The number of amides is 1. The number of rotatable bonds is 2. The molecule has 8 heteroatoms. The van der Waals surface area contributed by atoms with Crippen molar-refractivity contribution in [1.82, 2.24) is 14.9 Å². The van der Waals surface area contributed by atoms with E-state index in [9.17, 15) is 18.0 Å². The fraction of sp³-hybridized carbons (Fsp3) is 0.214. The lowest BCUT2D eigenvalue weighted by Gasteiger charge is -2.11. The summed E-state index contributed by atoms with van der Waals surface area (Å²) in [5.74, 6) is -0.377. The summed E-state index contributed by atoms with van der Waals surface area (Å²) in [4.78, 5) is 21.0. The van der Waals surface area contributed by atoms with E-state index in [1.165, 1.54) is 23.1 Å². The van der Waals surface area contributed by atoms with Gasteiger partial charge in [0.05, 0.1) is 11.3 Å². The highest BCUT2D eigenvalue weighted by molar-refractivity contribution is 6.28. The van der Waals surface area contributed by atoms with E-state index in [0.29, 0.717) is 5.56 Å². The predicted molar refractivity (Wildman–Crippen MR) is 75.5 cm³/mol. The maximum atomic E-state index is 12.5. The molecule has 0 spiro atoms. The number of carbonyl (C=O) groups is 1. The first-order valence-electron chi connectivity index (χ1n) is 6.12. The Morgan fingerprint density at radius 1 is 1.14 bits per heavy atom. The number of halogens is 4. The molecule has 0 saturated heterocycles. The van der Waals surface area contributed by atoms with Gasteiger partial charge in [0, 0.05) is 19.7 Å². The number of carbonyl (C=O) groups excluding carboxylic acids is 1. The molecule has 0 unspecified atom stereocenters. The smallest absolute Gasteiger partial charge is 0.343 e. The van der Waals surface area contributed by atoms with Crippen LogP contribution in [0.1, 0.15) is 16.1 Å². The van der Waals surface area contributed by atoms with Crippen molar-refractivity contribution in [3.63, 3.8) is 0 Å². The van der Waals surface area contributed by atoms with Crippen LogP contribution in [0.15, 0.2) is 30.3 Å². The van der Waals surface area contributed by atoms with Crippen LogP contribution in [0.25, 0.3) is 11.3 Å². The van der Waals surface area contributed by atoms with Gasteiger partial charge in [-0.15, -0.1) is 0 Å². The Kier molecular flexibility index (Phi) is 4.37. The molecule has 0 atom stereocenters. The molecule has 0 radical (unpaired) electrons. The van der Waals surface area contributed by atoms with E-state index in [1.54, 1.807) is 14.1 Å². The Labute approximate surface area is 129 Å². The molecule has 1 aromatic carbocycles. The average Bonchev–Trinajstić information content (AvgIpc) is 2.45. The third kappa shape index (κ3) is 3.54. The highest BCUT2D eigenvalue weighted by atomic mass is 35.5. The molecule has 1 aromatic heterocycles. The summed E-state index contributed by atoms with van der Waals surface area (Å²) in [6.45, 7) is 0. The molecule has 0 aliphatic carbocycles. The second-order valence-corrected chi connectivity index (χ2v) is 5.02. The van der Waals surface area contributed by atoms with Crippen LogP contribution in [-0.2, 0) is 6.18 Å². The number of alkyl halides is 3. The first-order chi connectivity index (χ1) is 10.2. The van der Waals surface area contributed by atoms with Gasteiger partial charge in [-0.2, -0.15) is 13.2 Å². The van der Waals surface area contributed by atoms with Gasteiger partial charge in [-0.25, -0.2) is 9.97 Å². The zero-order valence-electron chi connectivity index (χ0n) is 11.6. The zero-order valence-corrected chi connectivity index (χ0v) is 12.4. The van der Waals surface area contributed by atoms with E-state index in [0.717, 1.165) is 12.1 Å². The van der Waals surface area contributed by atoms with E-state index in [-0.39, 0.29) is 22.6 Å². The van der Waals surface area contributed by atoms with Gasteiger partial charge >= 0.3 is 6.18 Å². The Morgan fingerprint density at radius 2 is 1.73 bits per heavy atom. The topological polar surface area (TPSA) is 46.1 Å². The monoisotopic (exact) mass is 329 g/mol. The fourth-order valence-electron chi connectivity index (χ4n) is 1.73. The minimum atomic E-state index is -4.41. The van der Waals surface area contributed by atoms with Crippen LogP contribution in [0.4, 0.5) is 13.2 Å². The molecule has 2 rings (SSSR count). The van der Waals surface area contributed by atoms with Crippen molar-refractivity contribution in [2.24, 2.45) is 0 Å². The van der Waals surface area contributed by atoms with Crippen molar-refractivity contribution < 1.29 is 18.0 Å². The molecule has 0 saturated carbocycles. The van der Waals surface area contributed by atoms with Crippen LogP contribution >= 0.6 is 11.6 Å². The van der Waals surface area contributed by atoms with Crippen molar-refractivity contribution in [2.75, 3.05) is 14.1 Å². The third-order valence-corrected chi connectivity index (χ3v) is 3.00. The first kappa shape index (κ1) is 16.2. The second-order valence-electron chi connectivity index (χ2n) is 4.68. The Balaban J connectivity index is 2.43. The third-order valence-electron chi connectivity index (χ3n) is 2.83. The minimum Gasteiger partial charge on any atom is -0.343 e. The maximum Gasteiger partial charge on any atom is 0.416 e. The fourth-order valence-corrected chi connectivity index (χ4v) is 1.92. The van der Waals surface area contributed by atoms with Gasteiger partial charge in [-0.3, -0.25) is 4.79 Å². The number of aromatic nitrogens is 2. The normalized spacial score (nSPS) is 11.4. The zero-order chi connectivity index (χ0) is 16.5. The summed E-state index contributed by atoms with van der Waals surface area (Å²) < 4.78 is 37.6. The molecule has 22 heavy (non-hydrogen) atoms. The summed E-state index contributed by atoms with van der Waals surface area (Å²) >= 11 is 5.78. The summed E-state index contributed by atoms with van der Waals surface area (Å²) in [5, 5.41) is -0.150.